The van der Waals surface area contributed by atoms with E-state index in [1.54, 1.807) is 11.0 Å². The highest BCUT2D eigenvalue weighted by molar-refractivity contribution is 5.94. The molecule has 7 heteroatoms. The van der Waals surface area contributed by atoms with Gasteiger partial charge in [-0.2, -0.15) is 0 Å². The molecule has 0 unspecified atom stereocenters. The number of hydrogen-bond donors (Lipinski definition) is 2. The normalized spacial score (nSPS) is 19.0. The van der Waals surface area contributed by atoms with E-state index in [0.717, 1.165) is 0 Å². The number of amides is 3. The van der Waals surface area contributed by atoms with Gasteiger partial charge in [-0.15, -0.1) is 0 Å². The monoisotopic (exact) mass is 294 g/mol. The maximum atomic E-state index is 12.4. The fourth-order valence-corrected chi connectivity index (χ4v) is 2.38. The lowest BCUT2D eigenvalue weighted by Gasteiger charge is -2.36. The van der Waals surface area contributed by atoms with Gasteiger partial charge in [-0.1, -0.05) is 32.9 Å². The zero-order valence-electron chi connectivity index (χ0n) is 12.8. The Balaban J connectivity index is 2.08. The Morgan fingerprint density at radius 3 is 2.76 bits per heavy atom. The lowest BCUT2D eigenvalue weighted by Crippen LogP contribution is -2.60. The van der Waals surface area contributed by atoms with Gasteiger partial charge in [0.2, 0.25) is 5.91 Å². The van der Waals surface area contributed by atoms with Crippen molar-refractivity contribution in [2.45, 2.75) is 39.7 Å². The van der Waals surface area contributed by atoms with Crippen molar-refractivity contribution < 1.29 is 14.1 Å². The predicted molar refractivity (Wildman–Crippen MR) is 78.0 cm³/mol. The van der Waals surface area contributed by atoms with E-state index in [4.69, 9.17) is 4.52 Å². The first-order valence-corrected chi connectivity index (χ1v) is 7.22. The average molecular weight is 294 g/mol. The third kappa shape index (κ3) is 3.34. The molecule has 1 saturated heterocycles. The number of carbonyl (C=O) groups is 2. The minimum atomic E-state index is -0.463. The molecule has 0 radical (unpaired) electrons. The van der Waals surface area contributed by atoms with Gasteiger partial charge < -0.3 is 14.7 Å². The van der Waals surface area contributed by atoms with Gasteiger partial charge in [-0.25, -0.2) is 4.79 Å². The molecule has 1 aliphatic rings. The Kier molecular flexibility index (Phi) is 4.50. The van der Waals surface area contributed by atoms with Crippen molar-refractivity contribution in [1.29, 1.82) is 0 Å². The van der Waals surface area contributed by atoms with E-state index in [1.807, 2.05) is 27.7 Å². The molecule has 0 aliphatic carbocycles. The van der Waals surface area contributed by atoms with Crippen molar-refractivity contribution in [2.24, 2.45) is 5.92 Å². The minimum Gasteiger partial charge on any atom is -0.359 e. The fraction of sp³-hybridized carbons (Fsp3) is 0.643. The second-order valence-corrected chi connectivity index (χ2v) is 5.87. The molecule has 116 valence electrons. The van der Waals surface area contributed by atoms with Crippen LogP contribution in [0.15, 0.2) is 10.6 Å². The molecule has 0 bridgehead atoms. The van der Waals surface area contributed by atoms with Crippen LogP contribution in [0.1, 0.15) is 39.4 Å². The summed E-state index contributed by atoms with van der Waals surface area (Å²) in [5, 5.41) is 9.31. The first-order chi connectivity index (χ1) is 9.90. The summed E-state index contributed by atoms with van der Waals surface area (Å²) in [5.74, 6) is 1.21. The molecule has 1 aromatic rings. The Labute approximate surface area is 124 Å². The van der Waals surface area contributed by atoms with Crippen molar-refractivity contribution in [3.05, 3.63) is 11.8 Å². The number of rotatable bonds is 3. The lowest BCUT2D eigenvalue weighted by atomic mass is 10.00. The summed E-state index contributed by atoms with van der Waals surface area (Å²) < 4.78 is 5.15. The number of nitrogens with zero attached hydrogens (tertiary/aromatic N) is 2. The number of carbonyl (C=O) groups excluding carboxylic acids is 2. The quantitative estimate of drug-likeness (QED) is 0.889. The van der Waals surface area contributed by atoms with Gasteiger partial charge in [0.05, 0.1) is 0 Å². The standard InChI is InChI=1S/C14H22N4O3/c1-8(2)10-7-11(17-21-10)16-14(20)18-6-5-15-13(19)12(18)9(3)4/h7-9,12H,5-6H2,1-4H3,(H,15,19)(H,16,17,20)/t12-/m1/s1. The lowest BCUT2D eigenvalue weighted by molar-refractivity contribution is -0.129. The molecule has 2 heterocycles. The van der Waals surface area contributed by atoms with Crippen LogP contribution in [0.3, 0.4) is 0 Å². The molecule has 1 aromatic heterocycles. The van der Waals surface area contributed by atoms with Crippen molar-refractivity contribution in [3.63, 3.8) is 0 Å². The number of aromatic nitrogens is 1. The van der Waals surface area contributed by atoms with Gasteiger partial charge in [0.15, 0.2) is 5.82 Å². The van der Waals surface area contributed by atoms with E-state index in [2.05, 4.69) is 15.8 Å². The SMILES string of the molecule is CC(C)c1cc(NC(=O)N2CCNC(=O)[C@H]2C(C)C)no1. The number of piperazine rings is 1. The van der Waals surface area contributed by atoms with Gasteiger partial charge in [-0.3, -0.25) is 10.1 Å². The molecule has 3 amide bonds. The van der Waals surface area contributed by atoms with Gasteiger partial charge in [0, 0.05) is 25.1 Å². The summed E-state index contributed by atoms with van der Waals surface area (Å²) in [5.41, 5.74) is 0. The molecule has 7 nitrogen and oxygen atoms in total. The zero-order chi connectivity index (χ0) is 15.6. The first kappa shape index (κ1) is 15.3. The third-order valence-electron chi connectivity index (χ3n) is 3.48. The smallest absolute Gasteiger partial charge is 0.323 e. The highest BCUT2D eigenvalue weighted by atomic mass is 16.5. The highest BCUT2D eigenvalue weighted by Crippen LogP contribution is 2.19. The second kappa shape index (κ2) is 6.15. The van der Waals surface area contributed by atoms with E-state index in [1.165, 1.54) is 0 Å². The molecule has 21 heavy (non-hydrogen) atoms. The molecular formula is C14H22N4O3. The molecule has 2 N–H and O–H groups in total. The summed E-state index contributed by atoms with van der Waals surface area (Å²) >= 11 is 0. The summed E-state index contributed by atoms with van der Waals surface area (Å²) in [6, 6.07) is 0.916. The number of nitrogens with one attached hydrogen (secondary N) is 2. The molecule has 2 rings (SSSR count). The summed E-state index contributed by atoms with van der Waals surface area (Å²) in [4.78, 5) is 25.8. The van der Waals surface area contributed by atoms with Crippen LogP contribution in [-0.2, 0) is 4.79 Å². The van der Waals surface area contributed by atoms with E-state index in [-0.39, 0.29) is 23.8 Å². The first-order valence-electron chi connectivity index (χ1n) is 7.22. The Hall–Kier alpha value is -2.05. The van der Waals surface area contributed by atoms with Crippen molar-refractivity contribution in [2.75, 3.05) is 18.4 Å². The molecule has 1 atom stereocenters. The van der Waals surface area contributed by atoms with Crippen LogP contribution in [0.5, 0.6) is 0 Å². The highest BCUT2D eigenvalue weighted by Gasteiger charge is 2.35. The van der Waals surface area contributed by atoms with Gasteiger partial charge in [0.1, 0.15) is 11.8 Å². The number of urea groups is 1. The molecular weight excluding hydrogens is 272 g/mol. The molecule has 1 fully saturated rings. The zero-order valence-corrected chi connectivity index (χ0v) is 12.8. The van der Waals surface area contributed by atoms with Crippen molar-refractivity contribution in [3.8, 4) is 0 Å². The Morgan fingerprint density at radius 2 is 2.19 bits per heavy atom. The molecule has 1 aliphatic heterocycles. The van der Waals surface area contributed by atoms with E-state index >= 15 is 0 Å². The largest absolute Gasteiger partial charge is 0.359 e. The maximum absolute atomic E-state index is 12.4. The van der Waals surface area contributed by atoms with Gasteiger partial charge in [-0.05, 0) is 5.92 Å². The molecule has 0 saturated carbocycles. The van der Waals surface area contributed by atoms with Crippen molar-refractivity contribution >= 4 is 17.8 Å². The third-order valence-corrected chi connectivity index (χ3v) is 3.48. The van der Waals surface area contributed by atoms with Crippen LogP contribution in [0.2, 0.25) is 0 Å². The van der Waals surface area contributed by atoms with E-state index in [9.17, 15) is 9.59 Å². The van der Waals surface area contributed by atoms with Gasteiger partial charge >= 0.3 is 6.03 Å². The Morgan fingerprint density at radius 1 is 1.48 bits per heavy atom. The maximum Gasteiger partial charge on any atom is 0.323 e. The van der Waals surface area contributed by atoms with E-state index < -0.39 is 6.04 Å². The number of anilines is 1. The van der Waals surface area contributed by atoms with Crippen LogP contribution in [0.4, 0.5) is 10.6 Å². The van der Waals surface area contributed by atoms with Crippen molar-refractivity contribution in [1.82, 2.24) is 15.4 Å². The summed E-state index contributed by atoms with van der Waals surface area (Å²) in [7, 11) is 0. The van der Waals surface area contributed by atoms with Crippen LogP contribution in [0.25, 0.3) is 0 Å². The predicted octanol–water partition coefficient (Wildman–Crippen LogP) is 1.79. The van der Waals surface area contributed by atoms with Crippen LogP contribution < -0.4 is 10.6 Å². The average Bonchev–Trinajstić information content (AvgIpc) is 2.86. The van der Waals surface area contributed by atoms with Gasteiger partial charge in [0.25, 0.3) is 0 Å². The van der Waals surface area contributed by atoms with Crippen LogP contribution in [-0.4, -0.2) is 41.1 Å². The van der Waals surface area contributed by atoms with E-state index in [0.29, 0.717) is 24.7 Å². The molecule has 0 aromatic carbocycles. The fourth-order valence-electron chi connectivity index (χ4n) is 2.38. The van der Waals surface area contributed by atoms with Crippen LogP contribution in [0, 0.1) is 5.92 Å². The summed E-state index contributed by atoms with van der Waals surface area (Å²) in [6.45, 7) is 8.75. The topological polar surface area (TPSA) is 87.5 Å². The summed E-state index contributed by atoms with van der Waals surface area (Å²) in [6.07, 6.45) is 0. The Bertz CT molecular complexity index is 524. The molecule has 0 spiro atoms. The second-order valence-electron chi connectivity index (χ2n) is 5.87. The van der Waals surface area contributed by atoms with Crippen LogP contribution >= 0.6 is 0 Å². The minimum absolute atomic E-state index is 0.0413. The number of hydrogen-bond acceptors (Lipinski definition) is 4.